The van der Waals surface area contributed by atoms with Gasteiger partial charge >= 0.3 is 0 Å². The molecule has 1 aromatic heterocycles. The highest BCUT2D eigenvalue weighted by Crippen LogP contribution is 2.25. The van der Waals surface area contributed by atoms with E-state index < -0.39 is 10.0 Å². The molecule has 2 aromatic rings. The lowest BCUT2D eigenvalue weighted by Gasteiger charge is -2.12. The topological polar surface area (TPSA) is 68.5 Å². The van der Waals surface area contributed by atoms with Crippen LogP contribution in [0, 0.1) is 13.8 Å². The summed E-state index contributed by atoms with van der Waals surface area (Å²) in [6, 6.07) is 6.96. The number of sulfonamides is 1. The molecule has 0 spiro atoms. The van der Waals surface area contributed by atoms with Crippen molar-refractivity contribution in [3.05, 3.63) is 47.4 Å². The minimum Gasteiger partial charge on any atom is -0.496 e. The van der Waals surface area contributed by atoms with E-state index in [9.17, 15) is 8.42 Å². The number of ether oxygens (including phenoxy) is 1. The summed E-state index contributed by atoms with van der Waals surface area (Å²) in [5.74, 6) is 1.43. The lowest BCUT2D eigenvalue weighted by molar-refractivity contribution is 0.411. The first-order chi connectivity index (χ1) is 9.94. The summed E-state index contributed by atoms with van der Waals surface area (Å²) >= 11 is 0. The van der Waals surface area contributed by atoms with Crippen molar-refractivity contribution in [3.63, 3.8) is 0 Å². The first-order valence-corrected chi connectivity index (χ1v) is 8.09. The van der Waals surface area contributed by atoms with Gasteiger partial charge in [-0.15, -0.1) is 0 Å². The molecule has 0 unspecified atom stereocenters. The predicted octanol–water partition coefficient (Wildman–Crippen LogP) is 2.43. The maximum Gasteiger partial charge on any atom is 0.240 e. The maximum absolute atomic E-state index is 12.4. The molecule has 0 aliphatic carbocycles. The summed E-state index contributed by atoms with van der Waals surface area (Å²) in [7, 11) is -1.97. The number of furan rings is 1. The van der Waals surface area contributed by atoms with Gasteiger partial charge in [-0.2, -0.15) is 0 Å². The minimum absolute atomic E-state index is 0.278. The fourth-order valence-electron chi connectivity index (χ4n) is 2.11. The van der Waals surface area contributed by atoms with Crippen LogP contribution in [0.3, 0.4) is 0 Å². The SMILES string of the molecule is COc1cc(C)c(S(=O)(=O)NCCc2ccco2)cc1C. The van der Waals surface area contributed by atoms with Gasteiger partial charge in [-0.3, -0.25) is 0 Å². The van der Waals surface area contributed by atoms with Crippen LogP contribution in [0.4, 0.5) is 0 Å². The maximum atomic E-state index is 12.4. The van der Waals surface area contributed by atoms with Crippen LogP contribution < -0.4 is 9.46 Å². The second-order valence-electron chi connectivity index (χ2n) is 4.81. The van der Waals surface area contributed by atoms with Crippen molar-refractivity contribution in [2.75, 3.05) is 13.7 Å². The van der Waals surface area contributed by atoms with Crippen LogP contribution in [-0.4, -0.2) is 22.1 Å². The van der Waals surface area contributed by atoms with Crippen LogP contribution in [0.1, 0.15) is 16.9 Å². The van der Waals surface area contributed by atoms with E-state index in [4.69, 9.17) is 9.15 Å². The Balaban J connectivity index is 2.14. The number of hydrogen-bond acceptors (Lipinski definition) is 4. The number of rotatable bonds is 6. The van der Waals surface area contributed by atoms with Gasteiger partial charge in [0.2, 0.25) is 10.0 Å². The summed E-state index contributed by atoms with van der Waals surface area (Å²) < 4.78 is 37.7. The van der Waals surface area contributed by atoms with E-state index in [0.29, 0.717) is 24.3 Å². The first kappa shape index (κ1) is 15.6. The summed E-state index contributed by atoms with van der Waals surface area (Å²) in [6.45, 7) is 3.86. The Morgan fingerprint density at radius 1 is 1.24 bits per heavy atom. The molecule has 0 saturated heterocycles. The highest BCUT2D eigenvalue weighted by atomic mass is 32.2. The van der Waals surface area contributed by atoms with Gasteiger partial charge in [0, 0.05) is 13.0 Å². The van der Waals surface area contributed by atoms with Gasteiger partial charge in [0.1, 0.15) is 11.5 Å². The van der Waals surface area contributed by atoms with Gasteiger partial charge in [0.05, 0.1) is 18.3 Å². The van der Waals surface area contributed by atoms with Gasteiger partial charge in [0.25, 0.3) is 0 Å². The van der Waals surface area contributed by atoms with E-state index in [1.807, 2.05) is 13.0 Å². The van der Waals surface area contributed by atoms with Crippen molar-refractivity contribution in [1.29, 1.82) is 0 Å². The van der Waals surface area contributed by atoms with Crippen LogP contribution in [-0.2, 0) is 16.4 Å². The van der Waals surface area contributed by atoms with E-state index in [-0.39, 0.29) is 4.90 Å². The molecule has 5 nitrogen and oxygen atoms in total. The molecule has 1 aromatic carbocycles. The van der Waals surface area contributed by atoms with Crippen molar-refractivity contribution < 1.29 is 17.6 Å². The zero-order chi connectivity index (χ0) is 15.5. The van der Waals surface area contributed by atoms with E-state index >= 15 is 0 Å². The monoisotopic (exact) mass is 309 g/mol. The van der Waals surface area contributed by atoms with Crippen molar-refractivity contribution in [2.24, 2.45) is 0 Å². The molecule has 0 saturated carbocycles. The number of hydrogen-bond donors (Lipinski definition) is 1. The molecule has 0 amide bonds. The second-order valence-corrected chi connectivity index (χ2v) is 6.55. The van der Waals surface area contributed by atoms with Gasteiger partial charge in [0.15, 0.2) is 0 Å². The summed E-state index contributed by atoms with van der Waals surface area (Å²) in [5, 5.41) is 0. The van der Waals surface area contributed by atoms with Crippen LogP contribution >= 0.6 is 0 Å². The van der Waals surface area contributed by atoms with Gasteiger partial charge < -0.3 is 9.15 Å². The number of benzene rings is 1. The van der Waals surface area contributed by atoms with Gasteiger partial charge in [-0.1, -0.05) is 0 Å². The van der Waals surface area contributed by atoms with Crippen molar-refractivity contribution in [3.8, 4) is 5.75 Å². The Morgan fingerprint density at radius 2 is 2.00 bits per heavy atom. The molecule has 114 valence electrons. The average Bonchev–Trinajstić information content (AvgIpc) is 2.93. The third kappa shape index (κ3) is 3.65. The Kier molecular flexibility index (Phi) is 4.69. The summed E-state index contributed by atoms with van der Waals surface area (Å²) in [5.41, 5.74) is 1.44. The average molecular weight is 309 g/mol. The molecule has 6 heteroatoms. The highest BCUT2D eigenvalue weighted by molar-refractivity contribution is 7.89. The number of nitrogens with one attached hydrogen (secondary N) is 1. The molecule has 0 bridgehead atoms. The van der Waals surface area contributed by atoms with E-state index in [2.05, 4.69) is 4.72 Å². The minimum atomic E-state index is -3.54. The van der Waals surface area contributed by atoms with Crippen molar-refractivity contribution >= 4 is 10.0 Å². The molecule has 0 fully saturated rings. The van der Waals surface area contributed by atoms with Crippen molar-refractivity contribution in [1.82, 2.24) is 4.72 Å². The standard InChI is InChI=1S/C15H19NO4S/c1-11-10-15(12(2)9-14(11)19-3)21(17,18)16-7-6-13-5-4-8-20-13/h4-5,8-10,16H,6-7H2,1-3H3. The lowest BCUT2D eigenvalue weighted by atomic mass is 10.1. The molecule has 1 heterocycles. The Labute approximate surface area is 125 Å². The van der Waals surface area contributed by atoms with Crippen LogP contribution in [0.15, 0.2) is 39.8 Å². The second kappa shape index (κ2) is 6.32. The molecule has 1 N–H and O–H groups in total. The van der Waals surface area contributed by atoms with Gasteiger partial charge in [-0.05, 0) is 49.2 Å². The van der Waals surface area contributed by atoms with E-state index in [1.165, 1.54) is 0 Å². The van der Waals surface area contributed by atoms with E-state index in [0.717, 1.165) is 11.3 Å². The van der Waals surface area contributed by atoms with Crippen molar-refractivity contribution in [2.45, 2.75) is 25.2 Å². The van der Waals surface area contributed by atoms with Gasteiger partial charge in [-0.25, -0.2) is 13.1 Å². The number of methoxy groups -OCH3 is 1. The Hall–Kier alpha value is -1.79. The smallest absolute Gasteiger partial charge is 0.240 e. The van der Waals surface area contributed by atoms with Crippen LogP contribution in [0.25, 0.3) is 0 Å². The molecule has 21 heavy (non-hydrogen) atoms. The fraction of sp³-hybridized carbons (Fsp3) is 0.333. The number of aryl methyl sites for hydroxylation is 2. The Bertz CT molecular complexity index is 706. The highest BCUT2D eigenvalue weighted by Gasteiger charge is 2.18. The fourth-order valence-corrected chi connectivity index (χ4v) is 3.45. The molecule has 0 radical (unpaired) electrons. The first-order valence-electron chi connectivity index (χ1n) is 6.61. The zero-order valence-corrected chi connectivity index (χ0v) is 13.2. The lowest BCUT2D eigenvalue weighted by Crippen LogP contribution is -2.26. The van der Waals surface area contributed by atoms with E-state index in [1.54, 1.807) is 38.5 Å². The Morgan fingerprint density at radius 3 is 2.62 bits per heavy atom. The molecule has 2 rings (SSSR count). The third-order valence-corrected chi connectivity index (χ3v) is 4.83. The molecule has 0 aliphatic rings. The molecular formula is C15H19NO4S. The summed E-state index contributed by atoms with van der Waals surface area (Å²) in [6.07, 6.45) is 2.08. The van der Waals surface area contributed by atoms with Crippen LogP contribution in [0.5, 0.6) is 5.75 Å². The predicted molar refractivity (Wildman–Crippen MR) is 80.1 cm³/mol. The largest absolute Gasteiger partial charge is 0.496 e. The zero-order valence-electron chi connectivity index (χ0n) is 12.3. The molecular weight excluding hydrogens is 290 g/mol. The third-order valence-electron chi connectivity index (χ3n) is 3.23. The quantitative estimate of drug-likeness (QED) is 0.890. The van der Waals surface area contributed by atoms with Crippen LogP contribution in [0.2, 0.25) is 0 Å². The summed E-state index contributed by atoms with van der Waals surface area (Å²) in [4.78, 5) is 0.278. The molecule has 0 atom stereocenters. The normalized spacial score (nSPS) is 11.6. The molecule has 0 aliphatic heterocycles.